The average Bonchev–Trinajstić information content (AvgIpc) is 2.19. The van der Waals surface area contributed by atoms with Crippen molar-refractivity contribution in [2.75, 3.05) is 7.11 Å². The third-order valence-corrected chi connectivity index (χ3v) is 3.18. The Morgan fingerprint density at radius 1 is 1.47 bits per heavy atom. The van der Waals surface area contributed by atoms with Crippen LogP contribution in [-0.4, -0.2) is 13.4 Å². The van der Waals surface area contributed by atoms with E-state index in [1.807, 2.05) is 0 Å². The van der Waals surface area contributed by atoms with Crippen LogP contribution in [0, 0.1) is 5.82 Å². The second kappa shape index (κ2) is 3.65. The molecule has 1 aliphatic rings. The number of carbonyl (C=O) groups is 1. The normalized spacial score (nSPS) is 18.0. The molecule has 0 saturated heterocycles. The van der Waals surface area contributed by atoms with Crippen LogP contribution >= 0.6 is 0 Å². The minimum Gasteiger partial charge on any atom is -0.497 e. The van der Waals surface area contributed by atoms with Crippen molar-refractivity contribution in [3.8, 4) is 5.75 Å². The predicted molar refractivity (Wildman–Crippen MR) is 54.5 cm³/mol. The molecule has 0 N–H and O–H groups in total. The molecule has 1 saturated carbocycles. The van der Waals surface area contributed by atoms with Gasteiger partial charge in [-0.2, -0.15) is 0 Å². The Balaban J connectivity index is 2.40. The molecule has 15 heavy (non-hydrogen) atoms. The van der Waals surface area contributed by atoms with Gasteiger partial charge in [-0.15, -0.1) is 0 Å². The predicted octanol–water partition coefficient (Wildman–Crippen LogP) is 2.45. The van der Waals surface area contributed by atoms with E-state index in [2.05, 4.69) is 0 Å². The van der Waals surface area contributed by atoms with E-state index in [9.17, 15) is 9.18 Å². The smallest absolute Gasteiger partial charge is 0.131 e. The maximum absolute atomic E-state index is 13.7. The molecule has 0 amide bonds. The zero-order chi connectivity index (χ0) is 10.9. The first-order valence-corrected chi connectivity index (χ1v) is 5.02. The lowest BCUT2D eigenvalue weighted by Crippen LogP contribution is -2.36. The number of aldehydes is 1. The van der Waals surface area contributed by atoms with Gasteiger partial charge in [0, 0.05) is 11.6 Å². The van der Waals surface area contributed by atoms with Gasteiger partial charge in [-0.05, 0) is 18.9 Å². The van der Waals surface area contributed by atoms with Gasteiger partial charge in [0.25, 0.3) is 0 Å². The molecule has 1 aromatic carbocycles. The fraction of sp³-hybridized carbons (Fsp3) is 0.417. The molecule has 1 fully saturated rings. The summed E-state index contributed by atoms with van der Waals surface area (Å²) in [6.45, 7) is 0. The molecule has 3 heteroatoms. The van der Waals surface area contributed by atoms with Crippen LogP contribution in [0.3, 0.4) is 0 Å². The Bertz CT molecular complexity index is 383. The minimum atomic E-state index is -0.573. The fourth-order valence-corrected chi connectivity index (χ4v) is 2.03. The number of methoxy groups -OCH3 is 1. The quantitative estimate of drug-likeness (QED) is 0.713. The number of benzene rings is 1. The van der Waals surface area contributed by atoms with Crippen molar-refractivity contribution in [3.05, 3.63) is 29.6 Å². The van der Waals surface area contributed by atoms with Gasteiger partial charge in [-0.25, -0.2) is 4.39 Å². The highest BCUT2D eigenvalue weighted by Gasteiger charge is 2.40. The number of rotatable bonds is 3. The molecule has 0 bridgehead atoms. The van der Waals surface area contributed by atoms with Gasteiger partial charge in [-0.1, -0.05) is 12.5 Å². The van der Waals surface area contributed by atoms with Crippen molar-refractivity contribution in [1.29, 1.82) is 0 Å². The Morgan fingerprint density at radius 2 is 2.20 bits per heavy atom. The van der Waals surface area contributed by atoms with E-state index in [-0.39, 0.29) is 5.82 Å². The van der Waals surface area contributed by atoms with Crippen LogP contribution in [0.4, 0.5) is 4.39 Å². The van der Waals surface area contributed by atoms with Crippen molar-refractivity contribution >= 4 is 6.29 Å². The molecule has 0 aliphatic heterocycles. The highest BCUT2D eigenvalue weighted by atomic mass is 19.1. The van der Waals surface area contributed by atoms with E-state index in [0.717, 1.165) is 25.5 Å². The van der Waals surface area contributed by atoms with Gasteiger partial charge in [0.15, 0.2) is 0 Å². The average molecular weight is 208 g/mol. The lowest BCUT2D eigenvalue weighted by atomic mass is 9.65. The monoisotopic (exact) mass is 208 g/mol. The summed E-state index contributed by atoms with van der Waals surface area (Å²) < 4.78 is 18.6. The lowest BCUT2D eigenvalue weighted by Gasteiger charge is -2.37. The summed E-state index contributed by atoms with van der Waals surface area (Å²) in [6.07, 6.45) is 3.37. The van der Waals surface area contributed by atoms with Crippen LogP contribution in [-0.2, 0) is 10.2 Å². The zero-order valence-electron chi connectivity index (χ0n) is 8.63. The number of ether oxygens (including phenoxy) is 1. The van der Waals surface area contributed by atoms with E-state index in [4.69, 9.17) is 4.74 Å². The number of hydrogen-bond donors (Lipinski definition) is 0. The van der Waals surface area contributed by atoms with Crippen molar-refractivity contribution in [1.82, 2.24) is 0 Å². The highest BCUT2D eigenvalue weighted by Crippen LogP contribution is 2.43. The summed E-state index contributed by atoms with van der Waals surface area (Å²) in [5.74, 6) is 0.137. The molecule has 0 atom stereocenters. The van der Waals surface area contributed by atoms with E-state index in [1.165, 1.54) is 13.2 Å². The third-order valence-electron chi connectivity index (χ3n) is 3.18. The molecule has 0 unspecified atom stereocenters. The van der Waals surface area contributed by atoms with Crippen molar-refractivity contribution in [3.63, 3.8) is 0 Å². The molecule has 80 valence electrons. The summed E-state index contributed by atoms with van der Waals surface area (Å²) in [4.78, 5) is 11.0. The molecular formula is C12H13FO2. The lowest BCUT2D eigenvalue weighted by molar-refractivity contribution is -0.115. The van der Waals surface area contributed by atoms with Crippen LogP contribution in [0.5, 0.6) is 5.75 Å². The Morgan fingerprint density at radius 3 is 2.60 bits per heavy atom. The standard InChI is InChI=1S/C12H13FO2/c1-15-9-3-4-10(11(13)7-9)12(8-14)5-2-6-12/h3-4,7-8H,2,5-6H2,1H3. The van der Waals surface area contributed by atoms with Gasteiger partial charge in [0.05, 0.1) is 12.5 Å². The van der Waals surface area contributed by atoms with Gasteiger partial charge < -0.3 is 9.53 Å². The maximum atomic E-state index is 13.7. The molecule has 0 radical (unpaired) electrons. The third kappa shape index (κ3) is 1.52. The molecular weight excluding hydrogens is 195 g/mol. The largest absolute Gasteiger partial charge is 0.497 e. The van der Waals surface area contributed by atoms with Crippen molar-refractivity contribution in [2.24, 2.45) is 0 Å². The first-order valence-electron chi connectivity index (χ1n) is 5.02. The molecule has 1 aliphatic carbocycles. The SMILES string of the molecule is COc1ccc(C2(C=O)CCC2)c(F)c1. The summed E-state index contributed by atoms with van der Waals surface area (Å²) in [7, 11) is 1.49. The van der Waals surface area contributed by atoms with Crippen molar-refractivity contribution in [2.45, 2.75) is 24.7 Å². The molecule has 2 rings (SSSR count). The number of carbonyl (C=O) groups excluding carboxylic acids is 1. The molecule has 2 nitrogen and oxygen atoms in total. The van der Waals surface area contributed by atoms with Gasteiger partial charge in [0.1, 0.15) is 17.9 Å². The minimum absolute atomic E-state index is 0.346. The Hall–Kier alpha value is -1.38. The summed E-state index contributed by atoms with van der Waals surface area (Å²) in [5, 5.41) is 0. The molecule has 0 aromatic heterocycles. The number of halogens is 1. The summed E-state index contributed by atoms with van der Waals surface area (Å²) in [5.41, 5.74) is -0.0688. The molecule has 0 heterocycles. The maximum Gasteiger partial charge on any atom is 0.131 e. The zero-order valence-corrected chi connectivity index (χ0v) is 8.63. The van der Waals surface area contributed by atoms with E-state index in [0.29, 0.717) is 11.3 Å². The van der Waals surface area contributed by atoms with E-state index >= 15 is 0 Å². The summed E-state index contributed by atoms with van der Waals surface area (Å²) >= 11 is 0. The van der Waals surface area contributed by atoms with Crippen LogP contribution in [0.15, 0.2) is 18.2 Å². The molecule has 0 spiro atoms. The second-order valence-electron chi connectivity index (χ2n) is 3.97. The van der Waals surface area contributed by atoms with Crippen LogP contribution in [0.2, 0.25) is 0 Å². The topological polar surface area (TPSA) is 26.3 Å². The highest BCUT2D eigenvalue weighted by molar-refractivity contribution is 5.70. The molecule has 1 aromatic rings. The first kappa shape index (κ1) is 10.1. The summed E-state index contributed by atoms with van der Waals surface area (Å²) in [6, 6.07) is 4.68. The van der Waals surface area contributed by atoms with Crippen LogP contribution in [0.25, 0.3) is 0 Å². The second-order valence-corrected chi connectivity index (χ2v) is 3.97. The van der Waals surface area contributed by atoms with Gasteiger partial charge in [-0.3, -0.25) is 0 Å². The van der Waals surface area contributed by atoms with Gasteiger partial charge in [0.2, 0.25) is 0 Å². The van der Waals surface area contributed by atoms with Gasteiger partial charge >= 0.3 is 0 Å². The Labute approximate surface area is 88.1 Å². The van der Waals surface area contributed by atoms with E-state index < -0.39 is 5.41 Å². The van der Waals surface area contributed by atoms with Crippen LogP contribution in [0.1, 0.15) is 24.8 Å². The van der Waals surface area contributed by atoms with Crippen molar-refractivity contribution < 1.29 is 13.9 Å². The first-order chi connectivity index (χ1) is 7.22. The fourth-order valence-electron chi connectivity index (χ4n) is 2.03. The van der Waals surface area contributed by atoms with Crippen LogP contribution < -0.4 is 4.74 Å². The Kier molecular flexibility index (Phi) is 2.47. The number of hydrogen-bond acceptors (Lipinski definition) is 2. The van der Waals surface area contributed by atoms with E-state index in [1.54, 1.807) is 12.1 Å².